The van der Waals surface area contributed by atoms with Gasteiger partial charge in [0.05, 0.1) is 5.69 Å². The third-order valence-corrected chi connectivity index (χ3v) is 3.68. The smallest absolute Gasteiger partial charge is 0.146 e. The lowest BCUT2D eigenvalue weighted by Gasteiger charge is -2.36. The van der Waals surface area contributed by atoms with Crippen molar-refractivity contribution in [2.45, 2.75) is 26.1 Å². The summed E-state index contributed by atoms with van der Waals surface area (Å²) in [7, 11) is 0. The predicted octanol–water partition coefficient (Wildman–Crippen LogP) is 4.05. The molecule has 1 aromatic rings. The number of hydrogen-bond donors (Lipinski definition) is 0. The van der Waals surface area contributed by atoms with Crippen LogP contribution < -0.4 is 4.90 Å². The Bertz CT molecular complexity index is 384. The maximum Gasteiger partial charge on any atom is 0.146 e. The highest BCUT2D eigenvalue weighted by atomic mass is 35.5. The lowest BCUT2D eigenvalue weighted by molar-refractivity contribution is 0.354. The van der Waals surface area contributed by atoms with E-state index in [0.29, 0.717) is 17.7 Å². The SMILES string of the molecule is CC1CC(C)CN(c2ccc(CCl)cc2F)C1. The van der Waals surface area contributed by atoms with E-state index in [4.69, 9.17) is 11.6 Å². The van der Waals surface area contributed by atoms with Crippen molar-refractivity contribution in [3.05, 3.63) is 29.6 Å². The molecule has 2 atom stereocenters. The van der Waals surface area contributed by atoms with Crippen LogP contribution in [0.5, 0.6) is 0 Å². The fraction of sp³-hybridized carbons (Fsp3) is 0.571. The van der Waals surface area contributed by atoms with Crippen molar-refractivity contribution in [2.24, 2.45) is 11.8 Å². The average Bonchev–Trinajstić information content (AvgIpc) is 2.27. The zero-order valence-corrected chi connectivity index (χ0v) is 11.2. The van der Waals surface area contributed by atoms with E-state index in [1.54, 1.807) is 6.07 Å². The number of piperidine rings is 1. The molecule has 0 aromatic heterocycles. The molecule has 1 aliphatic rings. The van der Waals surface area contributed by atoms with Gasteiger partial charge in [0.1, 0.15) is 5.82 Å². The van der Waals surface area contributed by atoms with Gasteiger partial charge < -0.3 is 4.90 Å². The van der Waals surface area contributed by atoms with E-state index >= 15 is 0 Å². The minimum Gasteiger partial charge on any atom is -0.369 e. The van der Waals surface area contributed by atoms with Gasteiger partial charge in [-0.1, -0.05) is 19.9 Å². The Morgan fingerprint density at radius 2 is 1.94 bits per heavy atom. The summed E-state index contributed by atoms with van der Waals surface area (Å²) in [6, 6.07) is 5.32. The average molecular weight is 256 g/mol. The summed E-state index contributed by atoms with van der Waals surface area (Å²) in [5.41, 5.74) is 1.56. The number of halogens is 2. The first-order chi connectivity index (χ1) is 8.10. The largest absolute Gasteiger partial charge is 0.369 e. The van der Waals surface area contributed by atoms with Crippen molar-refractivity contribution in [1.82, 2.24) is 0 Å². The standard InChI is InChI=1S/C14H19ClFN/c1-10-5-11(2)9-17(8-10)14-4-3-12(7-15)6-13(14)16/h3-4,6,10-11H,5,7-9H2,1-2H3. The van der Waals surface area contributed by atoms with E-state index < -0.39 is 0 Å². The van der Waals surface area contributed by atoms with Gasteiger partial charge in [0, 0.05) is 19.0 Å². The maximum absolute atomic E-state index is 14.0. The van der Waals surface area contributed by atoms with Crippen molar-refractivity contribution in [2.75, 3.05) is 18.0 Å². The Balaban J connectivity index is 2.21. The molecule has 0 amide bonds. The summed E-state index contributed by atoms with van der Waals surface area (Å²) < 4.78 is 14.0. The van der Waals surface area contributed by atoms with Crippen molar-refractivity contribution >= 4 is 17.3 Å². The summed E-state index contributed by atoms with van der Waals surface area (Å²) in [4.78, 5) is 2.16. The Morgan fingerprint density at radius 3 is 2.47 bits per heavy atom. The topological polar surface area (TPSA) is 3.24 Å². The lowest BCUT2D eigenvalue weighted by atomic mass is 9.91. The Kier molecular flexibility index (Phi) is 3.93. The van der Waals surface area contributed by atoms with Gasteiger partial charge in [-0.15, -0.1) is 11.6 Å². The number of hydrogen-bond acceptors (Lipinski definition) is 1. The molecule has 0 radical (unpaired) electrons. The van der Waals surface area contributed by atoms with E-state index in [2.05, 4.69) is 18.7 Å². The highest BCUT2D eigenvalue weighted by molar-refractivity contribution is 6.17. The summed E-state index contributed by atoms with van der Waals surface area (Å²) >= 11 is 5.70. The van der Waals surface area contributed by atoms with Crippen LogP contribution in [0.1, 0.15) is 25.8 Å². The zero-order chi connectivity index (χ0) is 12.4. The monoisotopic (exact) mass is 255 g/mol. The molecule has 17 heavy (non-hydrogen) atoms. The van der Waals surface area contributed by atoms with Gasteiger partial charge in [0.25, 0.3) is 0 Å². The van der Waals surface area contributed by atoms with Gasteiger partial charge in [-0.2, -0.15) is 0 Å². The summed E-state index contributed by atoms with van der Waals surface area (Å²) in [5.74, 6) is 1.48. The van der Waals surface area contributed by atoms with Crippen LogP contribution in [-0.2, 0) is 5.88 Å². The zero-order valence-electron chi connectivity index (χ0n) is 10.4. The third kappa shape index (κ3) is 2.92. The molecule has 0 N–H and O–H groups in total. The maximum atomic E-state index is 14.0. The molecule has 0 aliphatic carbocycles. The summed E-state index contributed by atoms with van der Waals surface area (Å²) in [5, 5.41) is 0. The Morgan fingerprint density at radius 1 is 1.29 bits per heavy atom. The normalized spacial score (nSPS) is 25.1. The van der Waals surface area contributed by atoms with E-state index in [0.717, 1.165) is 24.3 Å². The second-order valence-corrected chi connectivity index (χ2v) is 5.54. The number of rotatable bonds is 2. The fourth-order valence-corrected chi connectivity index (χ4v) is 2.92. The van der Waals surface area contributed by atoms with Crippen molar-refractivity contribution in [3.8, 4) is 0 Å². The first-order valence-corrected chi connectivity index (χ1v) is 6.73. The molecule has 94 valence electrons. The molecule has 1 heterocycles. The molecule has 3 heteroatoms. The molecule has 0 saturated carbocycles. The second-order valence-electron chi connectivity index (χ2n) is 5.27. The Labute approximate surface area is 108 Å². The summed E-state index contributed by atoms with van der Waals surface area (Å²) in [6.45, 7) is 6.35. The number of nitrogens with zero attached hydrogens (tertiary/aromatic N) is 1. The van der Waals surface area contributed by atoms with Crippen molar-refractivity contribution in [1.29, 1.82) is 0 Å². The quantitative estimate of drug-likeness (QED) is 0.721. The van der Waals surface area contributed by atoms with Crippen LogP contribution in [0.4, 0.5) is 10.1 Å². The van der Waals surface area contributed by atoms with Gasteiger partial charge >= 0.3 is 0 Å². The van der Waals surface area contributed by atoms with Crippen LogP contribution >= 0.6 is 11.6 Å². The third-order valence-electron chi connectivity index (χ3n) is 3.38. The lowest BCUT2D eigenvalue weighted by Crippen LogP contribution is -2.39. The molecule has 1 fully saturated rings. The van der Waals surface area contributed by atoms with Crippen LogP contribution in [0.25, 0.3) is 0 Å². The number of anilines is 1. The van der Waals surface area contributed by atoms with E-state index in [1.807, 2.05) is 12.1 Å². The molecule has 0 spiro atoms. The Hall–Kier alpha value is -0.760. The number of benzene rings is 1. The molecule has 1 saturated heterocycles. The van der Waals surface area contributed by atoms with Gasteiger partial charge in [-0.05, 0) is 36.0 Å². The van der Waals surface area contributed by atoms with Crippen molar-refractivity contribution in [3.63, 3.8) is 0 Å². The van der Waals surface area contributed by atoms with E-state index in [9.17, 15) is 4.39 Å². The van der Waals surface area contributed by atoms with Crippen LogP contribution in [-0.4, -0.2) is 13.1 Å². The van der Waals surface area contributed by atoms with Crippen LogP contribution in [0, 0.1) is 17.7 Å². The van der Waals surface area contributed by atoms with Gasteiger partial charge in [-0.25, -0.2) is 4.39 Å². The highest BCUT2D eigenvalue weighted by Crippen LogP contribution is 2.28. The van der Waals surface area contributed by atoms with Crippen LogP contribution in [0.3, 0.4) is 0 Å². The minimum absolute atomic E-state index is 0.149. The molecule has 2 unspecified atom stereocenters. The van der Waals surface area contributed by atoms with Crippen LogP contribution in [0.2, 0.25) is 0 Å². The van der Waals surface area contributed by atoms with Crippen molar-refractivity contribution < 1.29 is 4.39 Å². The molecule has 1 nitrogen and oxygen atoms in total. The molecular weight excluding hydrogens is 237 g/mol. The van der Waals surface area contributed by atoms with Crippen LogP contribution in [0.15, 0.2) is 18.2 Å². The molecular formula is C14H19ClFN. The van der Waals surface area contributed by atoms with E-state index in [1.165, 1.54) is 6.42 Å². The molecule has 0 bridgehead atoms. The minimum atomic E-state index is -0.149. The molecule has 1 aliphatic heterocycles. The van der Waals surface area contributed by atoms with E-state index in [-0.39, 0.29) is 5.82 Å². The highest BCUT2D eigenvalue weighted by Gasteiger charge is 2.23. The molecule has 1 aromatic carbocycles. The fourth-order valence-electron chi connectivity index (χ4n) is 2.75. The first kappa shape index (κ1) is 12.7. The predicted molar refractivity (Wildman–Crippen MR) is 71.1 cm³/mol. The summed E-state index contributed by atoms with van der Waals surface area (Å²) in [6.07, 6.45) is 1.23. The number of alkyl halides is 1. The second kappa shape index (κ2) is 5.26. The van der Waals surface area contributed by atoms with Gasteiger partial charge in [0.15, 0.2) is 0 Å². The molecule has 2 rings (SSSR count). The first-order valence-electron chi connectivity index (χ1n) is 6.19. The van der Waals surface area contributed by atoms with Gasteiger partial charge in [-0.3, -0.25) is 0 Å². The van der Waals surface area contributed by atoms with Gasteiger partial charge in [0.2, 0.25) is 0 Å².